The summed E-state index contributed by atoms with van der Waals surface area (Å²) < 4.78 is 6.18. The maximum atomic E-state index is 6.25. The average Bonchev–Trinajstić information content (AvgIpc) is 2.93. The van der Waals surface area contributed by atoms with Gasteiger partial charge in [-0.15, -0.1) is 11.3 Å². The molecule has 0 saturated heterocycles. The van der Waals surface area contributed by atoms with E-state index in [0.717, 1.165) is 21.5 Å². The lowest BCUT2D eigenvalue weighted by Gasteiger charge is -2.19. The summed E-state index contributed by atoms with van der Waals surface area (Å²) in [5, 5.41) is 4.80. The summed E-state index contributed by atoms with van der Waals surface area (Å²) in [7, 11) is 0. The van der Waals surface area contributed by atoms with E-state index >= 15 is 0 Å². The molecule has 21 heavy (non-hydrogen) atoms. The fourth-order valence-corrected chi connectivity index (χ4v) is 3.61. The van der Waals surface area contributed by atoms with Crippen LogP contribution in [0.1, 0.15) is 16.5 Å². The molecule has 1 unspecified atom stereocenters. The van der Waals surface area contributed by atoms with Gasteiger partial charge in [-0.25, -0.2) is 0 Å². The molecular formula is C17H16ClNOS. The molecule has 1 atom stereocenters. The molecule has 2 nitrogen and oxygen atoms in total. The van der Waals surface area contributed by atoms with Crippen molar-refractivity contribution in [2.45, 2.75) is 13.0 Å². The number of hydrogen-bond acceptors (Lipinski definition) is 3. The Kier molecular flexibility index (Phi) is 4.15. The SMILES string of the molecule is Cc1ccsc1C(CN)Oc1ccc(Cl)c2ccccc12. The van der Waals surface area contributed by atoms with Gasteiger partial charge in [0.1, 0.15) is 11.9 Å². The molecular weight excluding hydrogens is 302 g/mol. The van der Waals surface area contributed by atoms with Gasteiger partial charge in [-0.05, 0) is 36.1 Å². The fraction of sp³-hybridized carbons (Fsp3) is 0.176. The van der Waals surface area contributed by atoms with Gasteiger partial charge in [0.25, 0.3) is 0 Å². The Morgan fingerprint density at radius 1 is 1.14 bits per heavy atom. The largest absolute Gasteiger partial charge is 0.483 e. The van der Waals surface area contributed by atoms with Crippen molar-refractivity contribution in [2.75, 3.05) is 6.54 Å². The van der Waals surface area contributed by atoms with Gasteiger partial charge in [0.2, 0.25) is 0 Å². The molecule has 3 aromatic rings. The molecule has 0 aliphatic carbocycles. The Hall–Kier alpha value is -1.55. The number of rotatable bonds is 4. The molecule has 0 radical (unpaired) electrons. The van der Waals surface area contributed by atoms with Gasteiger partial charge in [-0.2, -0.15) is 0 Å². The van der Waals surface area contributed by atoms with Crippen molar-refractivity contribution >= 4 is 33.7 Å². The summed E-state index contributed by atoms with van der Waals surface area (Å²) >= 11 is 7.92. The molecule has 0 amide bonds. The number of ether oxygens (including phenoxy) is 1. The highest BCUT2D eigenvalue weighted by Gasteiger charge is 2.17. The normalized spacial score (nSPS) is 12.5. The number of aryl methyl sites for hydroxylation is 1. The highest BCUT2D eigenvalue weighted by Crippen LogP contribution is 2.35. The molecule has 4 heteroatoms. The first-order valence-electron chi connectivity index (χ1n) is 6.78. The third kappa shape index (κ3) is 2.77. The van der Waals surface area contributed by atoms with Crippen LogP contribution in [-0.4, -0.2) is 6.54 Å². The zero-order valence-corrected chi connectivity index (χ0v) is 13.2. The van der Waals surface area contributed by atoms with E-state index in [1.807, 2.05) is 36.4 Å². The van der Waals surface area contributed by atoms with Crippen LogP contribution in [0.25, 0.3) is 10.8 Å². The zero-order chi connectivity index (χ0) is 14.8. The van der Waals surface area contributed by atoms with E-state index < -0.39 is 0 Å². The topological polar surface area (TPSA) is 35.2 Å². The van der Waals surface area contributed by atoms with Gasteiger partial charge in [-0.1, -0.05) is 35.9 Å². The summed E-state index contributed by atoms with van der Waals surface area (Å²) in [4.78, 5) is 1.18. The van der Waals surface area contributed by atoms with Gasteiger partial charge < -0.3 is 10.5 Å². The van der Waals surface area contributed by atoms with E-state index in [1.54, 1.807) is 11.3 Å². The van der Waals surface area contributed by atoms with Crippen LogP contribution in [0, 0.1) is 6.92 Å². The smallest absolute Gasteiger partial charge is 0.145 e. The predicted octanol–water partition coefficient (Wildman–Crippen LogP) is 4.94. The van der Waals surface area contributed by atoms with Gasteiger partial charge in [0, 0.05) is 27.2 Å². The van der Waals surface area contributed by atoms with E-state index in [2.05, 4.69) is 18.4 Å². The van der Waals surface area contributed by atoms with Crippen LogP contribution in [0.2, 0.25) is 5.02 Å². The number of hydrogen-bond donors (Lipinski definition) is 1. The predicted molar refractivity (Wildman–Crippen MR) is 90.4 cm³/mol. The van der Waals surface area contributed by atoms with Crippen LogP contribution >= 0.6 is 22.9 Å². The second-order valence-corrected chi connectivity index (χ2v) is 6.26. The first kappa shape index (κ1) is 14.4. The lowest BCUT2D eigenvalue weighted by atomic mass is 10.1. The molecule has 0 aliphatic rings. The summed E-state index contributed by atoms with van der Waals surface area (Å²) in [6.07, 6.45) is -0.130. The Morgan fingerprint density at radius 3 is 2.57 bits per heavy atom. The van der Waals surface area contributed by atoms with E-state index in [9.17, 15) is 0 Å². The summed E-state index contributed by atoms with van der Waals surface area (Å²) in [6, 6.07) is 13.8. The Balaban J connectivity index is 2.01. The molecule has 1 heterocycles. The number of nitrogens with two attached hydrogens (primary N) is 1. The molecule has 0 bridgehead atoms. The van der Waals surface area contributed by atoms with E-state index in [1.165, 1.54) is 10.4 Å². The van der Waals surface area contributed by atoms with Crippen molar-refractivity contribution in [1.29, 1.82) is 0 Å². The minimum atomic E-state index is -0.130. The summed E-state index contributed by atoms with van der Waals surface area (Å²) in [5.74, 6) is 0.818. The standard InChI is InChI=1S/C17H16ClNOS/c1-11-8-9-21-17(11)16(10-19)20-15-7-6-14(18)12-4-2-3-5-13(12)15/h2-9,16H,10,19H2,1H3. The minimum absolute atomic E-state index is 0.130. The Morgan fingerprint density at radius 2 is 1.90 bits per heavy atom. The van der Waals surface area contributed by atoms with Crippen LogP contribution in [0.4, 0.5) is 0 Å². The molecule has 0 fully saturated rings. The van der Waals surface area contributed by atoms with Gasteiger partial charge >= 0.3 is 0 Å². The van der Waals surface area contributed by atoms with Crippen molar-refractivity contribution in [3.05, 3.63) is 63.3 Å². The molecule has 108 valence electrons. The van der Waals surface area contributed by atoms with Crippen LogP contribution in [0.3, 0.4) is 0 Å². The van der Waals surface area contributed by atoms with Gasteiger partial charge in [0.15, 0.2) is 0 Å². The highest BCUT2D eigenvalue weighted by atomic mass is 35.5. The fourth-order valence-electron chi connectivity index (χ4n) is 2.41. The first-order chi connectivity index (χ1) is 10.2. The molecule has 0 aliphatic heterocycles. The molecule has 2 N–H and O–H groups in total. The van der Waals surface area contributed by atoms with Crippen LogP contribution in [-0.2, 0) is 0 Å². The number of thiophene rings is 1. The van der Waals surface area contributed by atoms with Gasteiger partial charge in [-0.3, -0.25) is 0 Å². The Labute approximate surface area is 133 Å². The summed E-state index contributed by atoms with van der Waals surface area (Å²) in [5.41, 5.74) is 7.13. The Bertz CT molecular complexity index is 768. The minimum Gasteiger partial charge on any atom is -0.483 e. The van der Waals surface area contributed by atoms with Crippen molar-refractivity contribution in [2.24, 2.45) is 5.73 Å². The highest BCUT2D eigenvalue weighted by molar-refractivity contribution is 7.10. The van der Waals surface area contributed by atoms with Crippen LogP contribution in [0.15, 0.2) is 47.8 Å². The number of halogens is 1. The number of fused-ring (bicyclic) bond motifs is 1. The monoisotopic (exact) mass is 317 g/mol. The first-order valence-corrected chi connectivity index (χ1v) is 8.04. The molecule has 0 saturated carbocycles. The quantitative estimate of drug-likeness (QED) is 0.739. The maximum absolute atomic E-state index is 6.25. The lowest BCUT2D eigenvalue weighted by molar-refractivity contribution is 0.220. The number of benzene rings is 2. The van der Waals surface area contributed by atoms with Crippen molar-refractivity contribution in [1.82, 2.24) is 0 Å². The second kappa shape index (κ2) is 6.06. The molecule has 1 aromatic heterocycles. The van der Waals surface area contributed by atoms with Crippen LogP contribution in [0.5, 0.6) is 5.75 Å². The summed E-state index contributed by atoms with van der Waals surface area (Å²) in [6.45, 7) is 2.52. The second-order valence-electron chi connectivity index (χ2n) is 4.90. The van der Waals surface area contributed by atoms with Crippen LogP contribution < -0.4 is 10.5 Å². The van der Waals surface area contributed by atoms with Crippen molar-refractivity contribution < 1.29 is 4.74 Å². The van der Waals surface area contributed by atoms with E-state index in [4.69, 9.17) is 22.1 Å². The van der Waals surface area contributed by atoms with E-state index in [0.29, 0.717) is 6.54 Å². The molecule has 3 rings (SSSR count). The van der Waals surface area contributed by atoms with Gasteiger partial charge in [0.05, 0.1) is 0 Å². The zero-order valence-electron chi connectivity index (χ0n) is 11.7. The average molecular weight is 318 g/mol. The lowest BCUT2D eigenvalue weighted by Crippen LogP contribution is -2.18. The third-order valence-corrected chi connectivity index (χ3v) is 4.95. The van der Waals surface area contributed by atoms with Crippen molar-refractivity contribution in [3.8, 4) is 5.75 Å². The van der Waals surface area contributed by atoms with E-state index in [-0.39, 0.29) is 6.10 Å². The third-order valence-electron chi connectivity index (χ3n) is 3.51. The maximum Gasteiger partial charge on any atom is 0.145 e. The molecule has 0 spiro atoms. The van der Waals surface area contributed by atoms with Crippen molar-refractivity contribution in [3.63, 3.8) is 0 Å². The molecule has 2 aromatic carbocycles.